The van der Waals surface area contributed by atoms with E-state index in [9.17, 15) is 0 Å². The topological polar surface area (TPSA) is 25.8 Å². The Labute approximate surface area is 278 Å². The molecule has 0 saturated carbocycles. The molecule has 7 aromatic rings. The van der Waals surface area contributed by atoms with Gasteiger partial charge in [-0.25, -0.2) is 0 Å². The summed E-state index contributed by atoms with van der Waals surface area (Å²) in [7, 11) is 0. The molecule has 3 aliphatic carbocycles. The van der Waals surface area contributed by atoms with E-state index in [2.05, 4.69) is 164 Å². The maximum Gasteiger partial charge on any atom is 0.0708 e. The SMILES string of the molecule is C1=CC2=c3cnc(-c4cccc(-c5cccc(-c6cc7c8ccccc8c8ccccc8c7cn6)c5)c4)cc3=C3C=CC=CC3C2C=C1. The Bertz CT molecular complexity index is 2710. The summed E-state index contributed by atoms with van der Waals surface area (Å²) < 4.78 is 0. The van der Waals surface area contributed by atoms with Gasteiger partial charge in [-0.2, -0.15) is 0 Å². The third kappa shape index (κ3) is 4.19. The highest BCUT2D eigenvalue weighted by atomic mass is 14.7. The van der Waals surface area contributed by atoms with Crippen LogP contribution in [-0.4, -0.2) is 9.97 Å². The summed E-state index contributed by atoms with van der Waals surface area (Å²) in [6, 6.07) is 39.4. The molecule has 2 unspecified atom stereocenters. The molecule has 2 nitrogen and oxygen atoms in total. The highest BCUT2D eigenvalue weighted by Crippen LogP contribution is 2.38. The van der Waals surface area contributed by atoms with Crippen molar-refractivity contribution >= 4 is 43.5 Å². The molecule has 3 aliphatic rings. The Balaban J connectivity index is 1.07. The van der Waals surface area contributed by atoms with Crippen LogP contribution in [0.2, 0.25) is 0 Å². The summed E-state index contributed by atoms with van der Waals surface area (Å²) in [6.45, 7) is 0. The second kappa shape index (κ2) is 10.7. The first-order valence-corrected chi connectivity index (χ1v) is 16.6. The fraction of sp³-hybridized carbons (Fsp3) is 0.0435. The molecule has 0 saturated heterocycles. The van der Waals surface area contributed by atoms with Gasteiger partial charge >= 0.3 is 0 Å². The third-order valence-electron chi connectivity index (χ3n) is 10.3. The lowest BCUT2D eigenvalue weighted by atomic mass is 9.73. The molecule has 0 spiro atoms. The fourth-order valence-electron chi connectivity index (χ4n) is 8.04. The van der Waals surface area contributed by atoms with E-state index in [-0.39, 0.29) is 0 Å². The Morgan fingerprint density at radius 3 is 1.50 bits per heavy atom. The van der Waals surface area contributed by atoms with Crippen molar-refractivity contribution in [2.24, 2.45) is 11.8 Å². The van der Waals surface area contributed by atoms with Crippen molar-refractivity contribution in [1.82, 2.24) is 9.97 Å². The number of fused-ring (bicyclic) bond motifs is 10. The summed E-state index contributed by atoms with van der Waals surface area (Å²) in [6.07, 6.45) is 22.0. The molecular weight excluding hydrogens is 581 g/mol. The van der Waals surface area contributed by atoms with E-state index in [1.807, 2.05) is 6.20 Å². The maximum atomic E-state index is 5.02. The van der Waals surface area contributed by atoms with Crippen LogP contribution in [0.5, 0.6) is 0 Å². The van der Waals surface area contributed by atoms with Gasteiger partial charge < -0.3 is 0 Å². The van der Waals surface area contributed by atoms with Crippen molar-refractivity contribution in [1.29, 1.82) is 0 Å². The van der Waals surface area contributed by atoms with E-state index in [0.717, 1.165) is 33.6 Å². The zero-order valence-electron chi connectivity index (χ0n) is 26.2. The zero-order chi connectivity index (χ0) is 31.6. The smallest absolute Gasteiger partial charge is 0.0708 e. The normalized spacial score (nSPS) is 17.6. The second-order valence-electron chi connectivity index (χ2n) is 12.9. The minimum Gasteiger partial charge on any atom is -0.256 e. The van der Waals surface area contributed by atoms with Crippen LogP contribution < -0.4 is 10.4 Å². The zero-order valence-corrected chi connectivity index (χ0v) is 26.2. The predicted octanol–water partition coefficient (Wildman–Crippen LogP) is 9.74. The molecule has 10 rings (SSSR count). The minimum atomic E-state index is 0.350. The van der Waals surface area contributed by atoms with Crippen molar-refractivity contribution in [2.75, 3.05) is 0 Å². The van der Waals surface area contributed by atoms with Crippen molar-refractivity contribution in [3.63, 3.8) is 0 Å². The predicted molar refractivity (Wildman–Crippen MR) is 200 cm³/mol. The van der Waals surface area contributed by atoms with Crippen LogP contribution >= 0.6 is 0 Å². The molecule has 2 aromatic heterocycles. The van der Waals surface area contributed by atoms with Gasteiger partial charge in [0.2, 0.25) is 0 Å². The lowest BCUT2D eigenvalue weighted by Gasteiger charge is -2.31. The highest BCUT2D eigenvalue weighted by molar-refractivity contribution is 6.25. The summed E-state index contributed by atoms with van der Waals surface area (Å²) in [5, 5.41) is 9.97. The first-order valence-electron chi connectivity index (χ1n) is 16.6. The van der Waals surface area contributed by atoms with Gasteiger partial charge in [-0.15, -0.1) is 0 Å². The summed E-state index contributed by atoms with van der Waals surface area (Å²) >= 11 is 0. The van der Waals surface area contributed by atoms with Gasteiger partial charge in [-0.1, -0.05) is 134 Å². The Morgan fingerprint density at radius 1 is 0.375 bits per heavy atom. The van der Waals surface area contributed by atoms with Gasteiger partial charge in [0.05, 0.1) is 11.4 Å². The highest BCUT2D eigenvalue weighted by Gasteiger charge is 2.29. The molecule has 0 amide bonds. The average Bonchev–Trinajstić information content (AvgIpc) is 3.18. The second-order valence-corrected chi connectivity index (χ2v) is 12.9. The molecule has 0 radical (unpaired) electrons. The number of pyridine rings is 2. The van der Waals surface area contributed by atoms with Crippen molar-refractivity contribution in [3.05, 3.63) is 181 Å². The number of benzene rings is 5. The fourth-order valence-corrected chi connectivity index (χ4v) is 8.04. The minimum absolute atomic E-state index is 0.350. The Hall–Kier alpha value is -6.12. The molecule has 0 N–H and O–H groups in total. The van der Waals surface area contributed by atoms with Crippen molar-refractivity contribution < 1.29 is 0 Å². The first kappa shape index (κ1) is 27.0. The number of hydrogen-bond donors (Lipinski definition) is 0. The summed E-state index contributed by atoms with van der Waals surface area (Å²) in [5.41, 5.74) is 9.22. The van der Waals surface area contributed by atoms with E-state index in [1.54, 1.807) is 0 Å². The van der Waals surface area contributed by atoms with E-state index < -0.39 is 0 Å². The first-order chi connectivity index (χ1) is 23.8. The van der Waals surface area contributed by atoms with Gasteiger partial charge in [0.1, 0.15) is 0 Å². The van der Waals surface area contributed by atoms with Crippen molar-refractivity contribution in [3.8, 4) is 33.6 Å². The molecular formula is C46H30N2. The van der Waals surface area contributed by atoms with E-state index in [0.29, 0.717) is 11.8 Å². The molecule has 5 aromatic carbocycles. The molecule has 224 valence electrons. The molecule has 0 aliphatic heterocycles. The van der Waals surface area contributed by atoms with Crippen LogP contribution in [0.15, 0.2) is 170 Å². The van der Waals surface area contributed by atoms with Crippen LogP contribution in [-0.2, 0) is 0 Å². The lowest BCUT2D eigenvalue weighted by Crippen LogP contribution is -2.39. The lowest BCUT2D eigenvalue weighted by molar-refractivity contribution is 0.693. The van der Waals surface area contributed by atoms with Crippen LogP contribution in [0.4, 0.5) is 0 Å². The third-order valence-corrected chi connectivity index (χ3v) is 10.3. The number of hydrogen-bond acceptors (Lipinski definition) is 2. The molecule has 2 heteroatoms. The Kier molecular flexibility index (Phi) is 6.04. The standard InChI is InChI=1S/C46H30N2/c1-5-19-37-33(15-1)35-17-3-7-21-39(35)43-27-47-45(25-41(37)43)31-13-9-11-29(23-31)30-12-10-14-32(24-30)46-26-42-38-20-6-2-16-34(38)36-18-4-8-22-40(36)44(42)28-48-46/h1-28,33,35H. The molecule has 48 heavy (non-hydrogen) atoms. The van der Waals surface area contributed by atoms with Gasteiger partial charge in [-0.05, 0) is 78.7 Å². The monoisotopic (exact) mass is 610 g/mol. The van der Waals surface area contributed by atoms with Gasteiger partial charge in [0, 0.05) is 46.0 Å². The van der Waals surface area contributed by atoms with Gasteiger partial charge in [0.15, 0.2) is 0 Å². The van der Waals surface area contributed by atoms with Crippen LogP contribution in [0, 0.1) is 11.8 Å². The molecule has 2 heterocycles. The number of nitrogens with zero attached hydrogens (tertiary/aromatic N) is 2. The van der Waals surface area contributed by atoms with Gasteiger partial charge in [-0.3, -0.25) is 9.97 Å². The average molecular weight is 611 g/mol. The number of allylic oxidation sites excluding steroid dienone is 8. The van der Waals surface area contributed by atoms with Crippen molar-refractivity contribution in [2.45, 2.75) is 0 Å². The largest absolute Gasteiger partial charge is 0.256 e. The summed E-state index contributed by atoms with van der Waals surface area (Å²) in [4.78, 5) is 10.0. The summed E-state index contributed by atoms with van der Waals surface area (Å²) in [5.74, 6) is 0.709. The van der Waals surface area contributed by atoms with Crippen LogP contribution in [0.1, 0.15) is 0 Å². The van der Waals surface area contributed by atoms with Gasteiger partial charge in [0.25, 0.3) is 0 Å². The van der Waals surface area contributed by atoms with E-state index in [1.165, 1.54) is 53.9 Å². The maximum absolute atomic E-state index is 5.02. The number of rotatable bonds is 3. The van der Waals surface area contributed by atoms with Crippen LogP contribution in [0.3, 0.4) is 0 Å². The number of aromatic nitrogens is 2. The van der Waals surface area contributed by atoms with Crippen LogP contribution in [0.25, 0.3) is 77.1 Å². The molecule has 0 fully saturated rings. The molecule has 2 atom stereocenters. The Morgan fingerprint density at radius 2 is 0.875 bits per heavy atom. The van der Waals surface area contributed by atoms with E-state index in [4.69, 9.17) is 9.97 Å². The quantitative estimate of drug-likeness (QED) is 0.186. The van der Waals surface area contributed by atoms with E-state index >= 15 is 0 Å². The molecule has 0 bridgehead atoms.